The molecule has 0 atom stereocenters. The Morgan fingerprint density at radius 2 is 1.86 bits per heavy atom. The van der Waals surface area contributed by atoms with E-state index in [1.807, 2.05) is 19.9 Å². The molecule has 1 aromatic carbocycles. The maximum absolute atomic E-state index is 13.1. The molecule has 1 aliphatic heterocycles. The third-order valence-electron chi connectivity index (χ3n) is 4.85. The quantitative estimate of drug-likeness (QED) is 0.731. The van der Waals surface area contributed by atoms with Gasteiger partial charge in [-0.05, 0) is 43.2 Å². The minimum absolute atomic E-state index is 0.0682. The number of rotatable bonds is 4. The molecule has 0 radical (unpaired) electrons. The summed E-state index contributed by atoms with van der Waals surface area (Å²) in [5, 5.41) is 3.66. The highest BCUT2D eigenvalue weighted by molar-refractivity contribution is 5.96. The van der Waals surface area contributed by atoms with Gasteiger partial charge in [0.15, 0.2) is 5.65 Å². The number of aromatic nitrogens is 3. The molecule has 0 unspecified atom stereocenters. The first-order chi connectivity index (χ1) is 14.0. The number of ether oxygens (including phenoxy) is 1. The number of nitrogens with one attached hydrogen (secondary N) is 1. The molecule has 0 saturated carbocycles. The highest BCUT2D eigenvalue weighted by Crippen LogP contribution is 2.27. The fourth-order valence-corrected chi connectivity index (χ4v) is 3.43. The van der Waals surface area contributed by atoms with Crippen molar-refractivity contribution >= 4 is 22.8 Å². The van der Waals surface area contributed by atoms with Crippen LogP contribution in [-0.2, 0) is 11.3 Å². The van der Waals surface area contributed by atoms with Gasteiger partial charge < -0.3 is 15.0 Å². The first kappa shape index (κ1) is 19.2. The molecule has 3 heterocycles. The largest absolute Gasteiger partial charge is 0.378 e. The molecule has 4 rings (SSSR count). The zero-order valence-corrected chi connectivity index (χ0v) is 16.4. The van der Waals surface area contributed by atoms with E-state index in [4.69, 9.17) is 4.74 Å². The number of benzene rings is 1. The second kappa shape index (κ2) is 8.08. The summed E-state index contributed by atoms with van der Waals surface area (Å²) in [5.74, 6) is 0.0606. The number of carbonyl (C=O) groups excluding carboxylic acids is 1. The highest BCUT2D eigenvalue weighted by Gasteiger charge is 2.22. The van der Waals surface area contributed by atoms with E-state index in [2.05, 4.69) is 25.2 Å². The van der Waals surface area contributed by atoms with Gasteiger partial charge in [0.1, 0.15) is 11.6 Å². The normalized spacial score (nSPS) is 14.2. The number of nitrogens with zero attached hydrogens (tertiary/aromatic N) is 4. The number of pyridine rings is 1. The lowest BCUT2D eigenvalue weighted by Crippen LogP contribution is -2.37. The molecule has 0 aliphatic carbocycles. The van der Waals surface area contributed by atoms with Gasteiger partial charge >= 0.3 is 0 Å². The van der Waals surface area contributed by atoms with Crippen LogP contribution in [0.5, 0.6) is 0 Å². The summed E-state index contributed by atoms with van der Waals surface area (Å²) in [7, 11) is 0. The first-order valence-corrected chi connectivity index (χ1v) is 9.52. The van der Waals surface area contributed by atoms with Gasteiger partial charge in [-0.25, -0.2) is 19.3 Å². The predicted molar refractivity (Wildman–Crippen MR) is 107 cm³/mol. The smallest absolute Gasteiger partial charge is 0.289 e. The summed E-state index contributed by atoms with van der Waals surface area (Å²) in [4.78, 5) is 28.4. The Morgan fingerprint density at radius 3 is 2.59 bits per heavy atom. The molecule has 1 saturated heterocycles. The third kappa shape index (κ3) is 4.17. The number of morpholine rings is 1. The summed E-state index contributed by atoms with van der Waals surface area (Å²) in [6.07, 6.45) is 0. The molecule has 3 aromatic rings. The number of hydrogen-bond donors (Lipinski definition) is 1. The summed E-state index contributed by atoms with van der Waals surface area (Å²) >= 11 is 0. The van der Waals surface area contributed by atoms with E-state index in [9.17, 15) is 9.18 Å². The molecule has 0 spiro atoms. The molecule has 7 nitrogen and oxygen atoms in total. The number of halogens is 1. The van der Waals surface area contributed by atoms with E-state index < -0.39 is 5.91 Å². The van der Waals surface area contributed by atoms with Crippen molar-refractivity contribution in [2.75, 3.05) is 31.2 Å². The standard InChI is InChI=1S/C21H22FN5O2/c1-13-11-14(2)24-18-17(13)20(27-7-9-29-10-8-27)26-19(25-18)21(28)23-12-15-3-5-16(22)6-4-15/h3-6,11H,7-10,12H2,1-2H3,(H,23,28). The van der Waals surface area contributed by atoms with Crippen molar-refractivity contribution in [3.05, 3.63) is 58.8 Å². The average Bonchev–Trinajstić information content (AvgIpc) is 2.72. The van der Waals surface area contributed by atoms with Gasteiger partial charge in [0, 0.05) is 25.3 Å². The summed E-state index contributed by atoms with van der Waals surface area (Å²) in [5.41, 5.74) is 3.15. The number of anilines is 1. The Balaban J connectivity index is 1.68. The Morgan fingerprint density at radius 1 is 1.14 bits per heavy atom. The molecule has 29 heavy (non-hydrogen) atoms. The van der Waals surface area contributed by atoms with E-state index in [1.165, 1.54) is 12.1 Å². The molecule has 8 heteroatoms. The van der Waals surface area contributed by atoms with Crippen molar-refractivity contribution in [1.82, 2.24) is 20.3 Å². The number of hydrogen-bond acceptors (Lipinski definition) is 6. The van der Waals surface area contributed by atoms with E-state index in [0.29, 0.717) is 37.8 Å². The minimum atomic E-state index is -0.397. The zero-order chi connectivity index (χ0) is 20.4. The van der Waals surface area contributed by atoms with Gasteiger partial charge in [0.2, 0.25) is 5.82 Å². The van der Waals surface area contributed by atoms with Crippen molar-refractivity contribution in [3.8, 4) is 0 Å². The number of carbonyl (C=O) groups is 1. The van der Waals surface area contributed by atoms with Crippen LogP contribution in [0, 0.1) is 19.7 Å². The van der Waals surface area contributed by atoms with Gasteiger partial charge in [-0.3, -0.25) is 4.79 Å². The second-order valence-corrected chi connectivity index (χ2v) is 7.06. The third-order valence-corrected chi connectivity index (χ3v) is 4.85. The van der Waals surface area contributed by atoms with Crippen molar-refractivity contribution in [2.24, 2.45) is 0 Å². The number of amides is 1. The molecule has 1 N–H and O–H groups in total. The van der Waals surface area contributed by atoms with Crippen LogP contribution in [0.2, 0.25) is 0 Å². The van der Waals surface area contributed by atoms with Crippen LogP contribution >= 0.6 is 0 Å². The van der Waals surface area contributed by atoms with Gasteiger partial charge in [-0.15, -0.1) is 0 Å². The Kier molecular flexibility index (Phi) is 5.35. The lowest BCUT2D eigenvalue weighted by Gasteiger charge is -2.29. The topological polar surface area (TPSA) is 80.2 Å². The SMILES string of the molecule is Cc1cc(C)c2c(N3CCOCC3)nc(C(=O)NCc3ccc(F)cc3)nc2n1. The number of aryl methyl sites for hydroxylation is 2. The summed E-state index contributed by atoms with van der Waals surface area (Å²) < 4.78 is 18.5. The Bertz CT molecular complexity index is 1050. The zero-order valence-electron chi connectivity index (χ0n) is 16.4. The molecule has 0 bridgehead atoms. The first-order valence-electron chi connectivity index (χ1n) is 9.52. The molecule has 1 amide bonds. The van der Waals surface area contributed by atoms with Crippen LogP contribution in [0.3, 0.4) is 0 Å². The van der Waals surface area contributed by atoms with Crippen LogP contribution in [0.4, 0.5) is 10.2 Å². The summed E-state index contributed by atoms with van der Waals surface area (Å²) in [6.45, 7) is 6.75. The Labute approximate surface area is 167 Å². The fourth-order valence-electron chi connectivity index (χ4n) is 3.43. The molecule has 150 valence electrons. The van der Waals surface area contributed by atoms with E-state index in [-0.39, 0.29) is 18.2 Å². The lowest BCUT2D eigenvalue weighted by atomic mass is 10.1. The van der Waals surface area contributed by atoms with Crippen molar-refractivity contribution < 1.29 is 13.9 Å². The predicted octanol–water partition coefficient (Wildman–Crippen LogP) is 2.55. The van der Waals surface area contributed by atoms with Crippen LogP contribution < -0.4 is 10.2 Å². The summed E-state index contributed by atoms with van der Waals surface area (Å²) in [6, 6.07) is 7.97. The van der Waals surface area contributed by atoms with Crippen LogP contribution in [0.15, 0.2) is 30.3 Å². The Hall–Kier alpha value is -3.13. The van der Waals surface area contributed by atoms with E-state index in [1.54, 1.807) is 12.1 Å². The van der Waals surface area contributed by atoms with Gasteiger partial charge in [0.25, 0.3) is 5.91 Å². The molecule has 1 fully saturated rings. The highest BCUT2D eigenvalue weighted by atomic mass is 19.1. The van der Waals surface area contributed by atoms with E-state index in [0.717, 1.165) is 22.2 Å². The van der Waals surface area contributed by atoms with Crippen LogP contribution in [0.25, 0.3) is 11.0 Å². The van der Waals surface area contributed by atoms with Gasteiger partial charge in [-0.1, -0.05) is 12.1 Å². The monoisotopic (exact) mass is 395 g/mol. The number of fused-ring (bicyclic) bond motifs is 1. The van der Waals surface area contributed by atoms with Crippen molar-refractivity contribution in [3.63, 3.8) is 0 Å². The molecular weight excluding hydrogens is 373 g/mol. The van der Waals surface area contributed by atoms with Crippen LogP contribution in [0.1, 0.15) is 27.4 Å². The van der Waals surface area contributed by atoms with Crippen LogP contribution in [-0.4, -0.2) is 47.2 Å². The van der Waals surface area contributed by atoms with E-state index >= 15 is 0 Å². The average molecular weight is 395 g/mol. The fraction of sp³-hybridized carbons (Fsp3) is 0.333. The molecule has 1 aliphatic rings. The maximum atomic E-state index is 13.1. The maximum Gasteiger partial charge on any atom is 0.289 e. The second-order valence-electron chi connectivity index (χ2n) is 7.06. The molecular formula is C21H22FN5O2. The van der Waals surface area contributed by atoms with Crippen molar-refractivity contribution in [2.45, 2.75) is 20.4 Å². The minimum Gasteiger partial charge on any atom is -0.378 e. The molecule has 2 aromatic heterocycles. The van der Waals surface area contributed by atoms with Crippen molar-refractivity contribution in [1.29, 1.82) is 0 Å². The lowest BCUT2D eigenvalue weighted by molar-refractivity contribution is 0.0940. The van der Waals surface area contributed by atoms with Gasteiger partial charge in [-0.2, -0.15) is 0 Å². The van der Waals surface area contributed by atoms with Gasteiger partial charge in [0.05, 0.1) is 18.6 Å².